The fourth-order valence-electron chi connectivity index (χ4n) is 4.89. The SMILES string of the molecule is CCCN1CCc2[nH]cnc2C12CCN(C(=O)[C@@H]1C[C@@H](O)CN1)CC2.Cl.Cl. The number of fused-ring (bicyclic) bond motifs is 2. The van der Waals surface area contributed by atoms with Gasteiger partial charge in [0.2, 0.25) is 5.91 Å². The molecule has 3 N–H and O–H groups in total. The summed E-state index contributed by atoms with van der Waals surface area (Å²) in [7, 11) is 0. The van der Waals surface area contributed by atoms with E-state index in [0.717, 1.165) is 51.9 Å². The van der Waals surface area contributed by atoms with Crippen LogP contribution in [0, 0.1) is 0 Å². The highest BCUT2D eigenvalue weighted by atomic mass is 35.5. The summed E-state index contributed by atoms with van der Waals surface area (Å²) >= 11 is 0. The molecular formula is C18H31Cl2N5O2. The smallest absolute Gasteiger partial charge is 0.239 e. The molecule has 1 amide bonds. The molecule has 3 aliphatic rings. The van der Waals surface area contributed by atoms with Crippen LogP contribution in [0.4, 0.5) is 0 Å². The second-order valence-electron chi connectivity index (χ2n) is 7.67. The number of carbonyl (C=O) groups excluding carboxylic acids is 1. The molecule has 0 aliphatic carbocycles. The molecule has 2 saturated heterocycles. The number of hydrogen-bond donors (Lipinski definition) is 3. The van der Waals surface area contributed by atoms with Gasteiger partial charge >= 0.3 is 0 Å². The van der Waals surface area contributed by atoms with Gasteiger partial charge in [-0.2, -0.15) is 0 Å². The van der Waals surface area contributed by atoms with Gasteiger partial charge in [0.25, 0.3) is 0 Å². The maximum Gasteiger partial charge on any atom is 0.239 e. The molecule has 4 heterocycles. The first-order chi connectivity index (χ1) is 12.1. The molecule has 0 bridgehead atoms. The van der Waals surface area contributed by atoms with Crippen LogP contribution < -0.4 is 5.32 Å². The minimum Gasteiger partial charge on any atom is -0.392 e. The average Bonchev–Trinajstić information content (AvgIpc) is 3.27. The Morgan fingerprint density at radius 3 is 2.70 bits per heavy atom. The Bertz CT molecular complexity index is 633. The third-order valence-electron chi connectivity index (χ3n) is 6.20. The Hall–Kier alpha value is -0.860. The Kier molecular flexibility index (Phi) is 7.55. The van der Waals surface area contributed by atoms with Crippen molar-refractivity contribution < 1.29 is 9.90 Å². The van der Waals surface area contributed by atoms with Gasteiger partial charge in [0, 0.05) is 38.3 Å². The van der Waals surface area contributed by atoms with Gasteiger partial charge < -0.3 is 20.3 Å². The first kappa shape index (κ1) is 22.4. The summed E-state index contributed by atoms with van der Waals surface area (Å²) in [6.07, 6.45) is 6.00. The van der Waals surface area contributed by atoms with E-state index in [4.69, 9.17) is 0 Å². The number of imidazole rings is 1. The predicted molar refractivity (Wildman–Crippen MR) is 109 cm³/mol. The third-order valence-corrected chi connectivity index (χ3v) is 6.20. The van der Waals surface area contributed by atoms with Gasteiger partial charge in [-0.15, -0.1) is 24.8 Å². The van der Waals surface area contributed by atoms with E-state index in [1.54, 1.807) is 0 Å². The van der Waals surface area contributed by atoms with Crippen LogP contribution in [0.1, 0.15) is 44.0 Å². The maximum absolute atomic E-state index is 12.7. The predicted octanol–water partition coefficient (Wildman–Crippen LogP) is 1.06. The van der Waals surface area contributed by atoms with Crippen LogP contribution >= 0.6 is 24.8 Å². The second-order valence-corrected chi connectivity index (χ2v) is 7.67. The molecule has 0 radical (unpaired) electrons. The van der Waals surface area contributed by atoms with Crippen molar-refractivity contribution in [3.63, 3.8) is 0 Å². The first-order valence-corrected chi connectivity index (χ1v) is 9.62. The highest BCUT2D eigenvalue weighted by molar-refractivity contribution is 5.85. The number of amides is 1. The summed E-state index contributed by atoms with van der Waals surface area (Å²) < 4.78 is 0. The van der Waals surface area contributed by atoms with Crippen LogP contribution in [0.15, 0.2) is 6.33 Å². The van der Waals surface area contributed by atoms with E-state index in [-0.39, 0.29) is 42.3 Å². The molecular weight excluding hydrogens is 389 g/mol. The lowest BCUT2D eigenvalue weighted by atomic mass is 9.78. The van der Waals surface area contributed by atoms with Crippen molar-refractivity contribution in [2.24, 2.45) is 0 Å². The highest BCUT2D eigenvalue weighted by Gasteiger charge is 2.47. The standard InChI is InChI=1S/C18H29N5O2.2ClH/c1-2-6-23-7-3-14-16(21-12-20-14)18(23)4-8-22(9-5-18)17(25)15-10-13(24)11-19-15;;/h12-13,15,19,24H,2-11H2,1H3,(H,20,21);2*1H/t13-,15+;;/m1../s1. The number of hydrogen-bond acceptors (Lipinski definition) is 5. The minimum absolute atomic E-state index is 0. The molecule has 1 aromatic heterocycles. The summed E-state index contributed by atoms with van der Waals surface area (Å²) in [5.41, 5.74) is 2.45. The van der Waals surface area contributed by atoms with Crippen molar-refractivity contribution in [2.45, 2.75) is 56.7 Å². The fraction of sp³-hybridized carbons (Fsp3) is 0.778. The zero-order valence-corrected chi connectivity index (χ0v) is 17.4. The number of aliphatic hydroxyl groups is 1. The van der Waals surface area contributed by atoms with Crippen molar-refractivity contribution >= 4 is 30.7 Å². The Labute approximate surface area is 173 Å². The minimum atomic E-state index is -0.393. The normalized spacial score (nSPS) is 27.0. The maximum atomic E-state index is 12.7. The number of halogens is 2. The van der Waals surface area contributed by atoms with Crippen LogP contribution in [0.3, 0.4) is 0 Å². The number of rotatable bonds is 3. The lowest BCUT2D eigenvalue weighted by Gasteiger charge is -2.50. The van der Waals surface area contributed by atoms with Crippen molar-refractivity contribution in [3.05, 3.63) is 17.7 Å². The molecule has 2 atom stereocenters. The van der Waals surface area contributed by atoms with E-state index in [1.807, 2.05) is 11.2 Å². The number of aliphatic hydroxyl groups excluding tert-OH is 1. The van der Waals surface area contributed by atoms with E-state index in [0.29, 0.717) is 13.0 Å². The third kappa shape index (κ3) is 3.98. The van der Waals surface area contributed by atoms with Crippen LogP contribution in [-0.2, 0) is 16.8 Å². The molecule has 0 unspecified atom stereocenters. The van der Waals surface area contributed by atoms with E-state index in [2.05, 4.69) is 27.1 Å². The highest BCUT2D eigenvalue weighted by Crippen LogP contribution is 2.42. The average molecular weight is 420 g/mol. The van der Waals surface area contributed by atoms with Gasteiger partial charge in [-0.25, -0.2) is 4.98 Å². The van der Waals surface area contributed by atoms with Crippen LogP contribution in [0.25, 0.3) is 0 Å². The van der Waals surface area contributed by atoms with E-state index < -0.39 is 6.10 Å². The number of nitrogens with zero attached hydrogens (tertiary/aromatic N) is 3. The number of likely N-dealkylation sites (tertiary alicyclic amines) is 1. The molecule has 9 heteroatoms. The van der Waals surface area contributed by atoms with E-state index in [9.17, 15) is 9.90 Å². The van der Waals surface area contributed by atoms with Gasteiger partial charge in [-0.05, 0) is 32.2 Å². The Morgan fingerprint density at radius 2 is 2.07 bits per heavy atom. The summed E-state index contributed by atoms with van der Waals surface area (Å²) in [5.74, 6) is 0.145. The number of carbonyl (C=O) groups is 1. The van der Waals surface area contributed by atoms with E-state index >= 15 is 0 Å². The second kappa shape index (κ2) is 9.09. The Balaban J connectivity index is 0.00000131. The molecule has 1 aromatic rings. The van der Waals surface area contributed by atoms with Gasteiger partial charge in [-0.1, -0.05) is 6.92 Å². The number of nitrogens with one attached hydrogen (secondary N) is 2. The number of H-pyrrole nitrogens is 1. The first-order valence-electron chi connectivity index (χ1n) is 9.62. The lowest BCUT2D eigenvalue weighted by molar-refractivity contribution is -0.136. The molecule has 4 rings (SSSR count). The van der Waals surface area contributed by atoms with Crippen LogP contribution in [-0.4, -0.2) is 75.7 Å². The zero-order chi connectivity index (χ0) is 17.4. The van der Waals surface area contributed by atoms with Gasteiger partial charge in [0.05, 0.1) is 29.7 Å². The van der Waals surface area contributed by atoms with Crippen molar-refractivity contribution in [3.8, 4) is 0 Å². The number of aromatic nitrogens is 2. The largest absolute Gasteiger partial charge is 0.392 e. The summed E-state index contributed by atoms with van der Waals surface area (Å²) in [6, 6.07) is -0.219. The molecule has 2 fully saturated rings. The molecule has 1 spiro atoms. The summed E-state index contributed by atoms with van der Waals surface area (Å²) in [4.78, 5) is 25.3. The Morgan fingerprint density at radius 1 is 1.33 bits per heavy atom. The van der Waals surface area contributed by atoms with Crippen LogP contribution in [0.5, 0.6) is 0 Å². The van der Waals surface area contributed by atoms with Crippen molar-refractivity contribution in [1.82, 2.24) is 25.1 Å². The molecule has 27 heavy (non-hydrogen) atoms. The molecule has 7 nitrogen and oxygen atoms in total. The fourth-order valence-corrected chi connectivity index (χ4v) is 4.89. The molecule has 3 aliphatic heterocycles. The monoisotopic (exact) mass is 419 g/mol. The summed E-state index contributed by atoms with van der Waals surface area (Å²) in [5, 5.41) is 12.8. The number of aromatic amines is 1. The van der Waals surface area contributed by atoms with Gasteiger partial charge in [-0.3, -0.25) is 9.69 Å². The molecule has 0 aromatic carbocycles. The van der Waals surface area contributed by atoms with Gasteiger partial charge in [0.15, 0.2) is 0 Å². The van der Waals surface area contributed by atoms with Crippen LogP contribution in [0.2, 0.25) is 0 Å². The number of piperidine rings is 1. The van der Waals surface area contributed by atoms with Crippen molar-refractivity contribution in [1.29, 1.82) is 0 Å². The number of β-amino-alcohol motifs (C(OH)–C–C–N with tert-alkyl or cyclic N) is 1. The molecule has 154 valence electrons. The lowest BCUT2D eigenvalue weighted by Crippen LogP contribution is -2.58. The van der Waals surface area contributed by atoms with Crippen molar-refractivity contribution in [2.75, 3.05) is 32.7 Å². The quantitative estimate of drug-likeness (QED) is 0.681. The summed E-state index contributed by atoms with van der Waals surface area (Å²) in [6.45, 7) is 6.42. The molecule has 0 saturated carbocycles. The topological polar surface area (TPSA) is 84.5 Å². The van der Waals surface area contributed by atoms with Gasteiger partial charge in [0.1, 0.15) is 0 Å². The zero-order valence-electron chi connectivity index (χ0n) is 15.8. The van der Waals surface area contributed by atoms with E-state index in [1.165, 1.54) is 11.4 Å².